The summed E-state index contributed by atoms with van der Waals surface area (Å²) in [6.45, 7) is 1.92. The van der Waals surface area contributed by atoms with Crippen LogP contribution in [-0.4, -0.2) is 28.8 Å². The van der Waals surface area contributed by atoms with Crippen molar-refractivity contribution in [2.24, 2.45) is 5.10 Å². The number of phenolic OH excluding ortho intramolecular Hbond substituents is 1. The second-order valence-corrected chi connectivity index (χ2v) is 5.84. The average Bonchev–Trinajstić information content (AvgIpc) is 2.69. The number of fused-ring (bicyclic) bond motifs is 1. The lowest BCUT2D eigenvalue weighted by Crippen LogP contribution is -2.17. The van der Waals surface area contributed by atoms with Gasteiger partial charge in [-0.2, -0.15) is 5.10 Å². The molecule has 0 radical (unpaired) electrons. The van der Waals surface area contributed by atoms with Gasteiger partial charge in [0, 0.05) is 17.2 Å². The molecule has 3 rings (SSSR count). The zero-order chi connectivity index (χ0) is 20.1. The molecule has 0 atom stereocenters. The van der Waals surface area contributed by atoms with E-state index in [4.69, 9.17) is 4.74 Å². The lowest BCUT2D eigenvalue weighted by molar-refractivity contribution is -0.386. The Morgan fingerprint density at radius 1 is 1.21 bits per heavy atom. The number of amides is 1. The lowest BCUT2D eigenvalue weighted by Gasteiger charge is -2.07. The van der Waals surface area contributed by atoms with Gasteiger partial charge in [0.25, 0.3) is 5.91 Å². The molecule has 142 valence electrons. The second kappa shape index (κ2) is 8.17. The molecule has 0 spiro atoms. The fourth-order valence-electron chi connectivity index (χ4n) is 2.65. The van der Waals surface area contributed by atoms with E-state index in [9.17, 15) is 20.0 Å². The van der Waals surface area contributed by atoms with Crippen molar-refractivity contribution in [2.45, 2.75) is 6.92 Å². The molecule has 8 nitrogen and oxygen atoms in total. The van der Waals surface area contributed by atoms with Crippen LogP contribution < -0.4 is 10.2 Å². The number of ether oxygens (including phenoxy) is 1. The molecule has 28 heavy (non-hydrogen) atoms. The van der Waals surface area contributed by atoms with Crippen LogP contribution >= 0.6 is 0 Å². The predicted octanol–water partition coefficient (Wildman–Crippen LogP) is 3.62. The Morgan fingerprint density at radius 2 is 1.96 bits per heavy atom. The summed E-state index contributed by atoms with van der Waals surface area (Å²) in [7, 11) is 0. The van der Waals surface area contributed by atoms with E-state index in [0.717, 1.165) is 16.8 Å². The van der Waals surface area contributed by atoms with Gasteiger partial charge in [-0.25, -0.2) is 5.43 Å². The van der Waals surface area contributed by atoms with E-state index in [1.165, 1.54) is 12.3 Å². The molecule has 1 amide bonds. The topological polar surface area (TPSA) is 114 Å². The highest BCUT2D eigenvalue weighted by Gasteiger charge is 2.19. The van der Waals surface area contributed by atoms with Gasteiger partial charge in [0.05, 0.1) is 17.7 Å². The first-order valence-corrected chi connectivity index (χ1v) is 8.46. The van der Waals surface area contributed by atoms with Crippen LogP contribution in [0.5, 0.6) is 11.5 Å². The van der Waals surface area contributed by atoms with Crippen LogP contribution in [0.2, 0.25) is 0 Å². The van der Waals surface area contributed by atoms with Crippen molar-refractivity contribution in [3.63, 3.8) is 0 Å². The van der Waals surface area contributed by atoms with E-state index in [1.54, 1.807) is 19.1 Å². The van der Waals surface area contributed by atoms with Crippen molar-refractivity contribution in [1.82, 2.24) is 5.43 Å². The predicted molar refractivity (Wildman–Crippen MR) is 105 cm³/mol. The largest absolute Gasteiger partial charge is 0.500 e. The molecule has 0 bridgehead atoms. The molecule has 3 aromatic rings. The van der Waals surface area contributed by atoms with E-state index in [1.807, 2.05) is 30.3 Å². The van der Waals surface area contributed by atoms with Gasteiger partial charge < -0.3 is 9.84 Å². The first-order valence-electron chi connectivity index (χ1n) is 8.46. The van der Waals surface area contributed by atoms with Gasteiger partial charge in [-0.1, -0.05) is 30.3 Å². The first-order chi connectivity index (χ1) is 13.5. The number of phenols is 1. The van der Waals surface area contributed by atoms with Gasteiger partial charge >= 0.3 is 5.69 Å². The van der Waals surface area contributed by atoms with Crippen molar-refractivity contribution in [3.8, 4) is 11.5 Å². The number of benzene rings is 3. The van der Waals surface area contributed by atoms with Crippen LogP contribution in [0.4, 0.5) is 5.69 Å². The van der Waals surface area contributed by atoms with Gasteiger partial charge in [0.15, 0.2) is 5.75 Å². The summed E-state index contributed by atoms with van der Waals surface area (Å²) >= 11 is 0. The zero-order valence-corrected chi connectivity index (χ0v) is 15.0. The van der Waals surface area contributed by atoms with Crippen LogP contribution in [-0.2, 0) is 0 Å². The first kappa shape index (κ1) is 18.8. The molecular weight excluding hydrogens is 362 g/mol. The monoisotopic (exact) mass is 379 g/mol. The smallest absolute Gasteiger partial charge is 0.315 e. The molecule has 8 heteroatoms. The van der Waals surface area contributed by atoms with Crippen LogP contribution in [0.3, 0.4) is 0 Å². The molecular formula is C20H17N3O5. The molecule has 0 aliphatic rings. The summed E-state index contributed by atoms with van der Waals surface area (Å²) in [5, 5.41) is 26.7. The van der Waals surface area contributed by atoms with Gasteiger partial charge in [0.1, 0.15) is 0 Å². The van der Waals surface area contributed by atoms with Gasteiger partial charge in [-0.3, -0.25) is 14.9 Å². The standard InChI is InChI=1S/C20H17N3O5/c1-2-28-18-10-13(9-17(19(18)24)23(26)27)12-21-22-20(25)16-8-7-14-5-3-4-6-15(14)11-16/h3-12,24H,2H2,1H3,(H,22,25)/b21-12-. The fraction of sp³-hybridized carbons (Fsp3) is 0.100. The second-order valence-electron chi connectivity index (χ2n) is 5.84. The molecule has 0 saturated heterocycles. The van der Waals surface area contributed by atoms with E-state index < -0.39 is 22.3 Å². The maximum Gasteiger partial charge on any atom is 0.315 e. The third kappa shape index (κ3) is 4.07. The number of hydrazone groups is 1. The highest BCUT2D eigenvalue weighted by molar-refractivity contribution is 5.99. The third-order valence-corrected chi connectivity index (χ3v) is 3.97. The Labute approximate surface area is 160 Å². The normalized spacial score (nSPS) is 10.9. The quantitative estimate of drug-likeness (QED) is 0.386. The fourth-order valence-corrected chi connectivity index (χ4v) is 2.65. The van der Waals surface area contributed by atoms with Crippen molar-refractivity contribution in [3.05, 3.63) is 75.8 Å². The molecule has 0 heterocycles. The minimum atomic E-state index is -0.719. The van der Waals surface area contributed by atoms with Gasteiger partial charge in [-0.05, 0) is 35.9 Å². The number of nitrogens with one attached hydrogen (secondary N) is 1. The van der Waals surface area contributed by atoms with Crippen LogP contribution in [0.15, 0.2) is 59.7 Å². The minimum Gasteiger partial charge on any atom is -0.500 e. The maximum atomic E-state index is 12.3. The summed E-state index contributed by atoms with van der Waals surface area (Å²) in [5.74, 6) is -0.997. The molecule has 0 aliphatic carbocycles. The number of hydrogen-bond donors (Lipinski definition) is 2. The summed E-state index contributed by atoms with van der Waals surface area (Å²) in [6, 6.07) is 15.5. The Kier molecular flexibility index (Phi) is 5.50. The maximum absolute atomic E-state index is 12.3. The molecule has 0 aromatic heterocycles. The summed E-state index contributed by atoms with van der Waals surface area (Å²) in [4.78, 5) is 22.6. The van der Waals surface area contributed by atoms with Gasteiger partial charge in [-0.15, -0.1) is 0 Å². The zero-order valence-electron chi connectivity index (χ0n) is 15.0. The molecule has 0 saturated carbocycles. The summed E-state index contributed by atoms with van der Waals surface area (Å²) in [6.07, 6.45) is 1.24. The van der Waals surface area contributed by atoms with Crippen LogP contribution in [0.1, 0.15) is 22.8 Å². The molecule has 2 N–H and O–H groups in total. The Morgan fingerprint density at radius 3 is 2.68 bits per heavy atom. The van der Waals surface area contributed by atoms with Crippen molar-refractivity contribution >= 4 is 28.6 Å². The number of aromatic hydroxyl groups is 1. The molecule has 0 unspecified atom stereocenters. The Balaban J connectivity index is 1.79. The van der Waals surface area contributed by atoms with Crippen molar-refractivity contribution in [1.29, 1.82) is 0 Å². The number of nitro groups is 1. The number of hydrogen-bond acceptors (Lipinski definition) is 6. The minimum absolute atomic E-state index is 0.0287. The summed E-state index contributed by atoms with van der Waals surface area (Å²) in [5.41, 5.74) is 2.61. The van der Waals surface area contributed by atoms with Gasteiger partial charge in [0.2, 0.25) is 5.75 Å². The van der Waals surface area contributed by atoms with Crippen molar-refractivity contribution in [2.75, 3.05) is 6.61 Å². The average molecular weight is 379 g/mol. The van der Waals surface area contributed by atoms with Crippen molar-refractivity contribution < 1.29 is 19.6 Å². The highest BCUT2D eigenvalue weighted by atomic mass is 16.6. The summed E-state index contributed by atoms with van der Waals surface area (Å²) < 4.78 is 5.20. The Bertz CT molecular complexity index is 1080. The van der Waals surface area contributed by atoms with Crippen LogP contribution in [0, 0.1) is 10.1 Å². The lowest BCUT2D eigenvalue weighted by atomic mass is 10.1. The number of nitrogens with zero attached hydrogens (tertiary/aromatic N) is 2. The van der Waals surface area contributed by atoms with E-state index >= 15 is 0 Å². The molecule has 0 aliphatic heterocycles. The van der Waals surface area contributed by atoms with E-state index in [2.05, 4.69) is 10.5 Å². The molecule has 3 aromatic carbocycles. The number of rotatable bonds is 6. The number of carbonyl (C=O) groups is 1. The SMILES string of the molecule is CCOc1cc(/C=N\NC(=O)c2ccc3ccccc3c2)cc([N+](=O)[O-])c1O. The Hall–Kier alpha value is -3.94. The van der Waals surface area contributed by atoms with Crippen LogP contribution in [0.25, 0.3) is 10.8 Å². The third-order valence-electron chi connectivity index (χ3n) is 3.97. The van der Waals surface area contributed by atoms with E-state index in [-0.39, 0.29) is 12.4 Å². The number of carbonyl (C=O) groups excluding carboxylic acids is 1. The number of nitro benzene ring substituents is 1. The highest BCUT2D eigenvalue weighted by Crippen LogP contribution is 2.36. The van der Waals surface area contributed by atoms with E-state index in [0.29, 0.717) is 11.1 Å². The molecule has 0 fully saturated rings.